The van der Waals surface area contributed by atoms with Gasteiger partial charge in [0.2, 0.25) is 0 Å². The lowest BCUT2D eigenvalue weighted by atomic mass is 10.4. The third kappa shape index (κ3) is 4.53. The van der Waals surface area contributed by atoms with Gasteiger partial charge in [0.05, 0.1) is 11.9 Å². The molecule has 0 N–H and O–H groups in total. The van der Waals surface area contributed by atoms with Gasteiger partial charge in [-0.15, -0.1) is 0 Å². The highest BCUT2D eigenvalue weighted by Crippen LogP contribution is 2.04. The molecule has 0 aromatic carbocycles. The molecule has 0 bridgehead atoms. The van der Waals surface area contributed by atoms with E-state index in [1.165, 1.54) is 0 Å². The maximum atomic E-state index is 10.6. The van der Waals surface area contributed by atoms with E-state index in [4.69, 9.17) is 0 Å². The summed E-state index contributed by atoms with van der Waals surface area (Å²) in [5.41, 5.74) is 0.603. The Hall–Kier alpha value is -0.210. The summed E-state index contributed by atoms with van der Waals surface area (Å²) in [6.07, 6.45) is 2.67. The molecule has 0 atom stereocenters. The molecule has 0 radical (unpaired) electrons. The van der Waals surface area contributed by atoms with Gasteiger partial charge in [0.15, 0.2) is 0 Å². The maximum absolute atomic E-state index is 10.6. The van der Waals surface area contributed by atoms with Crippen molar-refractivity contribution >= 4 is 32.7 Å². The Morgan fingerprint density at radius 1 is 1.54 bits per heavy atom. The number of aromatic nitrogens is 1. The Balaban J connectivity index is 2.61. The molecule has 0 aliphatic carbocycles. The molecule has 0 fully saturated rings. The van der Waals surface area contributed by atoms with Gasteiger partial charge in [-0.2, -0.15) is 8.42 Å². The van der Waals surface area contributed by atoms with Gasteiger partial charge in [-0.25, -0.2) is 0 Å². The fraction of sp³-hybridized carbons (Fsp3) is 0.286. The van der Waals surface area contributed by atoms with Gasteiger partial charge < -0.3 is 0 Å². The van der Waals surface area contributed by atoms with Crippen molar-refractivity contribution in [3.63, 3.8) is 0 Å². The van der Waals surface area contributed by atoms with Gasteiger partial charge in [-0.05, 0) is 34.7 Å². The number of hydrogen-bond donors (Lipinski definition) is 0. The van der Waals surface area contributed by atoms with Crippen molar-refractivity contribution in [2.24, 2.45) is 0 Å². The quantitative estimate of drug-likeness (QED) is 0.621. The summed E-state index contributed by atoms with van der Waals surface area (Å²) in [6.45, 7) is -0.00421. The predicted molar refractivity (Wildman–Crippen MR) is 56.6 cm³/mol. The van der Waals surface area contributed by atoms with Crippen LogP contribution in [0.25, 0.3) is 0 Å². The molecule has 0 aliphatic heterocycles. The minimum Gasteiger partial charge on any atom is -0.264 e. The number of nitrogens with zero attached hydrogens (tertiary/aromatic N) is 1. The molecule has 1 aromatic heterocycles. The number of hydrogen-bond acceptors (Lipinski definition) is 4. The number of pyridine rings is 1. The van der Waals surface area contributed by atoms with E-state index in [1.807, 2.05) is 6.07 Å². The molecule has 1 heterocycles. The van der Waals surface area contributed by atoms with Gasteiger partial charge in [0.25, 0.3) is 10.1 Å². The standard InChI is InChI=1S/C7H8INO3S/c1-13(10,11)12-5-7-3-2-6(8)4-9-7/h2-4H,5H2,1H3. The van der Waals surface area contributed by atoms with Crippen LogP contribution in [0.1, 0.15) is 5.69 Å². The van der Waals surface area contributed by atoms with Crippen LogP contribution in [0.3, 0.4) is 0 Å². The Labute approximate surface area is 90.6 Å². The molecule has 0 saturated carbocycles. The third-order valence-corrected chi connectivity index (χ3v) is 2.39. The highest BCUT2D eigenvalue weighted by atomic mass is 127. The molecule has 0 unspecified atom stereocenters. The van der Waals surface area contributed by atoms with E-state index < -0.39 is 10.1 Å². The minimum absolute atomic E-state index is 0.00421. The van der Waals surface area contributed by atoms with Gasteiger partial charge >= 0.3 is 0 Å². The molecular formula is C7H8INO3S. The first-order valence-corrected chi connectivity index (χ1v) is 6.32. The zero-order valence-corrected chi connectivity index (χ0v) is 9.87. The van der Waals surface area contributed by atoms with Crippen LogP contribution in [0, 0.1) is 3.57 Å². The monoisotopic (exact) mass is 313 g/mol. The molecule has 4 nitrogen and oxygen atoms in total. The van der Waals surface area contributed by atoms with E-state index in [1.54, 1.807) is 12.3 Å². The van der Waals surface area contributed by atoms with Gasteiger partial charge in [0, 0.05) is 9.77 Å². The van der Waals surface area contributed by atoms with E-state index in [0.29, 0.717) is 5.69 Å². The van der Waals surface area contributed by atoms with Crippen LogP contribution < -0.4 is 0 Å². The second kappa shape index (κ2) is 4.34. The van der Waals surface area contributed by atoms with E-state index in [9.17, 15) is 8.42 Å². The van der Waals surface area contributed by atoms with Crippen LogP contribution in [-0.2, 0) is 20.9 Å². The molecule has 72 valence electrons. The van der Waals surface area contributed by atoms with E-state index in [0.717, 1.165) is 9.83 Å². The summed E-state index contributed by atoms with van der Waals surface area (Å²) in [7, 11) is -3.37. The SMILES string of the molecule is CS(=O)(=O)OCc1ccc(I)cn1. The first-order chi connectivity index (χ1) is 5.97. The lowest BCUT2D eigenvalue weighted by Crippen LogP contribution is -2.03. The second-order valence-electron chi connectivity index (χ2n) is 2.43. The predicted octanol–water partition coefficient (Wildman–Crippen LogP) is 1.16. The van der Waals surface area contributed by atoms with Gasteiger partial charge in [-0.3, -0.25) is 9.17 Å². The van der Waals surface area contributed by atoms with Crippen LogP contribution in [0.4, 0.5) is 0 Å². The summed E-state index contributed by atoms with van der Waals surface area (Å²) in [4.78, 5) is 3.98. The third-order valence-electron chi connectivity index (χ3n) is 1.21. The van der Waals surface area contributed by atoms with Crippen molar-refractivity contribution in [1.29, 1.82) is 0 Å². The van der Waals surface area contributed by atoms with Crippen LogP contribution >= 0.6 is 22.6 Å². The summed E-state index contributed by atoms with van der Waals surface area (Å²) < 4.78 is 26.8. The van der Waals surface area contributed by atoms with Crippen molar-refractivity contribution < 1.29 is 12.6 Å². The maximum Gasteiger partial charge on any atom is 0.264 e. The van der Waals surface area contributed by atoms with Gasteiger partial charge in [-0.1, -0.05) is 0 Å². The molecule has 1 aromatic rings. The van der Waals surface area contributed by atoms with E-state index >= 15 is 0 Å². The molecule has 13 heavy (non-hydrogen) atoms. The summed E-state index contributed by atoms with van der Waals surface area (Å²) in [6, 6.07) is 3.57. The van der Waals surface area contributed by atoms with Crippen molar-refractivity contribution in [2.45, 2.75) is 6.61 Å². The van der Waals surface area contributed by atoms with Crippen molar-refractivity contribution in [3.8, 4) is 0 Å². The molecule has 0 saturated heterocycles. The fourth-order valence-corrected chi connectivity index (χ4v) is 1.31. The molecular weight excluding hydrogens is 305 g/mol. The zero-order valence-electron chi connectivity index (χ0n) is 6.90. The highest BCUT2D eigenvalue weighted by Gasteiger charge is 2.02. The summed E-state index contributed by atoms with van der Waals surface area (Å²) in [5.74, 6) is 0. The molecule has 0 amide bonds. The first kappa shape index (κ1) is 10.9. The molecule has 0 spiro atoms. The second-order valence-corrected chi connectivity index (χ2v) is 5.32. The highest BCUT2D eigenvalue weighted by molar-refractivity contribution is 14.1. The lowest BCUT2D eigenvalue weighted by Gasteiger charge is -2.00. The largest absolute Gasteiger partial charge is 0.264 e. The summed E-state index contributed by atoms with van der Waals surface area (Å²) >= 11 is 2.12. The molecule has 6 heteroatoms. The minimum atomic E-state index is -3.37. The Kier molecular flexibility index (Phi) is 3.63. The van der Waals surface area contributed by atoms with E-state index in [2.05, 4.69) is 31.8 Å². The van der Waals surface area contributed by atoms with Crippen LogP contribution in [0.2, 0.25) is 0 Å². The lowest BCUT2D eigenvalue weighted by molar-refractivity contribution is 0.307. The van der Waals surface area contributed by atoms with Crippen LogP contribution in [0.15, 0.2) is 18.3 Å². The average Bonchev–Trinajstić information content (AvgIpc) is 2.02. The number of rotatable bonds is 3. The van der Waals surface area contributed by atoms with Gasteiger partial charge in [0.1, 0.15) is 6.61 Å². The smallest absolute Gasteiger partial charge is 0.264 e. The van der Waals surface area contributed by atoms with E-state index in [-0.39, 0.29) is 6.61 Å². The van der Waals surface area contributed by atoms with Crippen LogP contribution in [-0.4, -0.2) is 19.7 Å². The first-order valence-electron chi connectivity index (χ1n) is 3.42. The molecule has 0 aliphatic rings. The number of halogens is 1. The van der Waals surface area contributed by atoms with Crippen molar-refractivity contribution in [3.05, 3.63) is 27.6 Å². The van der Waals surface area contributed by atoms with Crippen molar-refractivity contribution in [2.75, 3.05) is 6.26 Å². The zero-order chi connectivity index (χ0) is 9.90. The van der Waals surface area contributed by atoms with Crippen LogP contribution in [0.5, 0.6) is 0 Å². The Bertz CT molecular complexity index is 373. The average molecular weight is 313 g/mol. The van der Waals surface area contributed by atoms with Crippen molar-refractivity contribution in [1.82, 2.24) is 4.98 Å². The Morgan fingerprint density at radius 2 is 2.23 bits per heavy atom. The topological polar surface area (TPSA) is 56.3 Å². The summed E-state index contributed by atoms with van der Waals surface area (Å²) in [5, 5.41) is 0. The Morgan fingerprint density at radius 3 is 2.69 bits per heavy atom. The molecule has 1 rings (SSSR count). The fourth-order valence-electron chi connectivity index (χ4n) is 0.659. The normalized spacial score (nSPS) is 11.5.